The van der Waals surface area contributed by atoms with Crippen LogP contribution in [0.1, 0.15) is 112 Å². The van der Waals surface area contributed by atoms with Crippen molar-refractivity contribution >= 4 is 25.2 Å². The minimum Gasteiger partial charge on any atom is -0.399 e. The minimum absolute atomic E-state index is 0.365. The fraction of sp³-hybridized carbons (Fsp3) is 0.724. The van der Waals surface area contributed by atoms with Gasteiger partial charge in [-0.15, -0.1) is 6.58 Å². The zero-order chi connectivity index (χ0) is 26.1. The summed E-state index contributed by atoms with van der Waals surface area (Å²) >= 11 is 0. The van der Waals surface area contributed by atoms with Crippen LogP contribution in [-0.4, -0.2) is 36.6 Å². The van der Waals surface area contributed by atoms with Gasteiger partial charge in [0.2, 0.25) is 0 Å². The van der Waals surface area contributed by atoms with E-state index < -0.39 is 0 Å². The Labute approximate surface area is 215 Å². The summed E-state index contributed by atoms with van der Waals surface area (Å²) in [7, 11) is -0.734. The third-order valence-corrected chi connectivity index (χ3v) is 8.57. The molecule has 3 rings (SSSR count). The molecule has 1 aromatic rings. The van der Waals surface area contributed by atoms with Gasteiger partial charge in [0.05, 0.1) is 22.4 Å². The van der Waals surface area contributed by atoms with Crippen molar-refractivity contribution in [2.45, 2.75) is 136 Å². The number of hydrogen-bond donors (Lipinski definition) is 0. The van der Waals surface area contributed by atoms with Gasteiger partial charge in [-0.3, -0.25) is 0 Å². The molecule has 2 saturated heterocycles. The van der Waals surface area contributed by atoms with Crippen LogP contribution in [0, 0.1) is 0 Å². The molecule has 0 radical (unpaired) electrons. The predicted octanol–water partition coefficient (Wildman–Crippen LogP) is 5.92. The highest BCUT2D eigenvalue weighted by Crippen LogP contribution is 2.38. The minimum atomic E-state index is -0.370. The Morgan fingerprint density at radius 1 is 0.657 bits per heavy atom. The van der Waals surface area contributed by atoms with Crippen molar-refractivity contribution in [1.82, 2.24) is 0 Å². The molecule has 0 aromatic heterocycles. The van der Waals surface area contributed by atoms with E-state index in [4.69, 9.17) is 18.6 Å². The molecule has 6 heteroatoms. The standard InChI is InChI=1S/C29H48B2O4/c1-11-13-15-17-19-23-21-24(30-32-26(3,4)27(5,6)33-30)22(18-16-14-12-2)20-25(23)31-34-28(7,8)29(9,10)35-31/h11,20-21H,1,12-19H2,2-10H3. The highest BCUT2D eigenvalue weighted by Gasteiger charge is 2.54. The van der Waals surface area contributed by atoms with Gasteiger partial charge in [0.1, 0.15) is 0 Å². The molecule has 4 nitrogen and oxygen atoms in total. The first-order chi connectivity index (χ1) is 16.2. The number of hydrogen-bond acceptors (Lipinski definition) is 4. The molecule has 194 valence electrons. The van der Waals surface area contributed by atoms with E-state index in [1.54, 1.807) is 0 Å². The summed E-state index contributed by atoms with van der Waals surface area (Å²) in [4.78, 5) is 0. The number of allylic oxidation sites excluding steroid dienone is 1. The number of benzene rings is 1. The summed E-state index contributed by atoms with van der Waals surface area (Å²) in [5.74, 6) is 0. The second kappa shape index (κ2) is 10.7. The molecule has 2 aliphatic heterocycles. The van der Waals surface area contributed by atoms with E-state index in [2.05, 4.69) is 81.0 Å². The molecule has 2 aliphatic rings. The predicted molar refractivity (Wildman–Crippen MR) is 149 cm³/mol. The molecule has 0 bridgehead atoms. The summed E-state index contributed by atoms with van der Waals surface area (Å²) in [5, 5.41) is 0. The molecule has 0 spiro atoms. The average molecular weight is 482 g/mol. The van der Waals surface area contributed by atoms with Gasteiger partial charge in [-0.05, 0) is 116 Å². The normalized spacial score (nSPS) is 22.1. The van der Waals surface area contributed by atoms with E-state index in [0.717, 1.165) is 44.0 Å². The maximum absolute atomic E-state index is 6.53. The Hall–Kier alpha value is -1.07. The van der Waals surface area contributed by atoms with Crippen LogP contribution in [0.3, 0.4) is 0 Å². The largest absolute Gasteiger partial charge is 0.495 e. The lowest BCUT2D eigenvalue weighted by Crippen LogP contribution is -2.43. The van der Waals surface area contributed by atoms with Gasteiger partial charge >= 0.3 is 14.2 Å². The van der Waals surface area contributed by atoms with E-state index >= 15 is 0 Å². The molecule has 0 aliphatic carbocycles. The van der Waals surface area contributed by atoms with E-state index in [1.807, 2.05) is 6.08 Å². The number of aryl methyl sites for hydroxylation is 2. The second-order valence-electron chi connectivity index (χ2n) is 12.4. The Morgan fingerprint density at radius 2 is 1.03 bits per heavy atom. The highest BCUT2D eigenvalue weighted by molar-refractivity contribution is 6.65. The van der Waals surface area contributed by atoms with E-state index in [0.29, 0.717) is 0 Å². The van der Waals surface area contributed by atoms with Crippen LogP contribution in [0.15, 0.2) is 24.8 Å². The average Bonchev–Trinajstić information content (AvgIpc) is 3.11. The summed E-state index contributed by atoms with van der Waals surface area (Å²) in [6, 6.07) is 4.67. The van der Waals surface area contributed by atoms with Crippen molar-refractivity contribution in [3.05, 3.63) is 35.9 Å². The van der Waals surface area contributed by atoms with Gasteiger partial charge in [-0.25, -0.2) is 0 Å². The van der Waals surface area contributed by atoms with Gasteiger partial charge in [0, 0.05) is 0 Å². The van der Waals surface area contributed by atoms with Gasteiger partial charge in [0.15, 0.2) is 0 Å². The van der Waals surface area contributed by atoms with Gasteiger partial charge in [-0.1, -0.05) is 38.0 Å². The smallest absolute Gasteiger partial charge is 0.399 e. The Bertz CT molecular complexity index is 859. The summed E-state index contributed by atoms with van der Waals surface area (Å²) in [6.07, 6.45) is 10.8. The number of unbranched alkanes of at least 4 members (excludes halogenated alkanes) is 4. The molecule has 0 N–H and O–H groups in total. The van der Waals surface area contributed by atoms with Gasteiger partial charge in [-0.2, -0.15) is 0 Å². The Morgan fingerprint density at radius 3 is 1.37 bits per heavy atom. The number of rotatable bonds is 11. The van der Waals surface area contributed by atoms with Crippen molar-refractivity contribution in [3.63, 3.8) is 0 Å². The lowest BCUT2D eigenvalue weighted by Gasteiger charge is -2.32. The van der Waals surface area contributed by atoms with Crippen molar-refractivity contribution < 1.29 is 18.6 Å². The second-order valence-corrected chi connectivity index (χ2v) is 12.4. The molecular formula is C29H48B2O4. The quantitative estimate of drug-likeness (QED) is 0.223. The summed E-state index contributed by atoms with van der Waals surface area (Å²) in [6.45, 7) is 23.1. The SMILES string of the molecule is C=CCCCCc1cc(B2OC(C)(C)C(C)(C)O2)c(CCCCC)cc1B1OC(C)(C)C(C)(C)O1. The van der Waals surface area contributed by atoms with Gasteiger partial charge < -0.3 is 18.6 Å². The molecule has 0 amide bonds. The molecule has 0 saturated carbocycles. The van der Waals surface area contributed by atoms with Gasteiger partial charge in [0.25, 0.3) is 0 Å². The van der Waals surface area contributed by atoms with Crippen molar-refractivity contribution in [2.24, 2.45) is 0 Å². The van der Waals surface area contributed by atoms with Crippen LogP contribution < -0.4 is 10.9 Å². The summed E-state index contributed by atoms with van der Waals surface area (Å²) < 4.78 is 26.1. The van der Waals surface area contributed by atoms with E-state index in [9.17, 15) is 0 Å². The van der Waals surface area contributed by atoms with Crippen molar-refractivity contribution in [1.29, 1.82) is 0 Å². The fourth-order valence-corrected chi connectivity index (χ4v) is 4.71. The zero-order valence-electron chi connectivity index (χ0n) is 23.9. The third kappa shape index (κ3) is 6.09. The summed E-state index contributed by atoms with van der Waals surface area (Å²) in [5.41, 5.74) is 3.41. The fourth-order valence-electron chi connectivity index (χ4n) is 4.71. The maximum Gasteiger partial charge on any atom is 0.495 e. The lowest BCUT2D eigenvalue weighted by molar-refractivity contribution is 0.00578. The van der Waals surface area contributed by atoms with Crippen LogP contribution in [0.25, 0.3) is 0 Å². The van der Waals surface area contributed by atoms with Crippen LogP contribution >= 0.6 is 0 Å². The molecule has 1 aromatic carbocycles. The first-order valence-corrected chi connectivity index (χ1v) is 13.7. The van der Waals surface area contributed by atoms with Crippen LogP contribution in [0.2, 0.25) is 0 Å². The van der Waals surface area contributed by atoms with Crippen LogP contribution in [0.4, 0.5) is 0 Å². The van der Waals surface area contributed by atoms with E-state index in [-0.39, 0.29) is 36.6 Å². The molecule has 35 heavy (non-hydrogen) atoms. The lowest BCUT2D eigenvalue weighted by atomic mass is 9.67. The third-order valence-electron chi connectivity index (χ3n) is 8.57. The first-order valence-electron chi connectivity index (χ1n) is 13.7. The Balaban J connectivity index is 2.04. The monoisotopic (exact) mass is 482 g/mol. The molecule has 0 atom stereocenters. The van der Waals surface area contributed by atoms with Crippen LogP contribution in [0.5, 0.6) is 0 Å². The molecule has 0 unspecified atom stereocenters. The first kappa shape index (κ1) is 28.5. The highest BCUT2D eigenvalue weighted by atomic mass is 16.7. The van der Waals surface area contributed by atoms with E-state index in [1.165, 1.54) is 29.4 Å². The maximum atomic E-state index is 6.53. The van der Waals surface area contributed by atoms with Crippen LogP contribution in [-0.2, 0) is 31.5 Å². The zero-order valence-corrected chi connectivity index (χ0v) is 23.9. The molecule has 2 fully saturated rings. The van der Waals surface area contributed by atoms with Crippen molar-refractivity contribution in [3.8, 4) is 0 Å². The molecule has 2 heterocycles. The topological polar surface area (TPSA) is 36.9 Å². The van der Waals surface area contributed by atoms with Crippen molar-refractivity contribution in [2.75, 3.05) is 0 Å². The Kier molecular flexibility index (Phi) is 8.74. The molecular weight excluding hydrogens is 434 g/mol.